The monoisotopic (exact) mass is 310 g/mol. The van der Waals surface area contributed by atoms with Gasteiger partial charge in [-0.05, 0) is 37.1 Å². The lowest BCUT2D eigenvalue weighted by Crippen LogP contribution is -2.38. The van der Waals surface area contributed by atoms with Crippen molar-refractivity contribution in [3.63, 3.8) is 0 Å². The highest BCUT2D eigenvalue weighted by Gasteiger charge is 2.12. The number of aliphatic hydroxyl groups excluding tert-OH is 1. The molecular weight excluding hydrogens is 284 g/mol. The average Bonchev–Trinajstić information content (AvgIpc) is 2.39. The van der Waals surface area contributed by atoms with E-state index in [2.05, 4.69) is 31.4 Å². The third-order valence-corrected chi connectivity index (χ3v) is 3.96. The molecule has 1 aromatic carbocycles. The van der Waals surface area contributed by atoms with Crippen molar-refractivity contribution in [2.24, 2.45) is 0 Å². The van der Waals surface area contributed by atoms with E-state index in [4.69, 9.17) is 5.11 Å². The average molecular weight is 310 g/mol. The van der Waals surface area contributed by atoms with E-state index in [1.807, 2.05) is 31.2 Å². The maximum Gasteiger partial charge on any atom is 0.319 e. The topological polar surface area (TPSA) is 61.4 Å². The molecule has 0 radical (unpaired) electrons. The van der Waals surface area contributed by atoms with Gasteiger partial charge < -0.3 is 15.7 Å². The number of carbonyl (C=O) groups is 1. The summed E-state index contributed by atoms with van der Waals surface area (Å²) in [6.07, 6.45) is 1.38. The summed E-state index contributed by atoms with van der Waals surface area (Å²) in [5, 5.41) is 14.6. The minimum atomic E-state index is -0.230. The second-order valence-electron chi connectivity index (χ2n) is 5.95. The van der Waals surface area contributed by atoms with E-state index >= 15 is 0 Å². The number of hydrogen-bond acceptors (Lipinski definition) is 3. The zero-order valence-electron chi connectivity index (χ0n) is 13.3. The van der Waals surface area contributed by atoms with E-state index in [1.54, 1.807) is 11.8 Å². The van der Waals surface area contributed by atoms with Crippen LogP contribution >= 0.6 is 11.8 Å². The van der Waals surface area contributed by atoms with E-state index in [-0.39, 0.29) is 23.4 Å². The van der Waals surface area contributed by atoms with E-state index in [1.165, 1.54) is 4.90 Å². The second kappa shape index (κ2) is 8.29. The van der Waals surface area contributed by atoms with Crippen molar-refractivity contribution in [1.82, 2.24) is 5.32 Å². The Morgan fingerprint density at radius 3 is 2.38 bits per heavy atom. The Bertz CT molecular complexity index is 441. The zero-order valence-corrected chi connectivity index (χ0v) is 14.1. The first-order valence-corrected chi connectivity index (χ1v) is 8.13. The van der Waals surface area contributed by atoms with Crippen LogP contribution in [-0.2, 0) is 0 Å². The highest BCUT2D eigenvalue weighted by molar-refractivity contribution is 8.00. The molecule has 0 saturated heterocycles. The first kappa shape index (κ1) is 17.9. The van der Waals surface area contributed by atoms with Crippen molar-refractivity contribution in [2.45, 2.75) is 56.2 Å². The first-order chi connectivity index (χ1) is 9.84. The number of nitrogens with one attached hydrogen (secondary N) is 2. The Balaban J connectivity index is 2.53. The number of anilines is 1. The number of carbonyl (C=O) groups excluding carboxylic acids is 1. The van der Waals surface area contributed by atoms with E-state index < -0.39 is 0 Å². The molecule has 5 heteroatoms. The lowest BCUT2D eigenvalue weighted by Gasteiger charge is -2.18. The summed E-state index contributed by atoms with van der Waals surface area (Å²) in [4.78, 5) is 13.0. The number of rotatable bonds is 6. The molecule has 21 heavy (non-hydrogen) atoms. The molecule has 0 bridgehead atoms. The molecule has 0 heterocycles. The molecule has 0 aliphatic carbocycles. The molecule has 0 saturated carbocycles. The van der Waals surface area contributed by atoms with Gasteiger partial charge in [0.2, 0.25) is 0 Å². The molecule has 0 aliphatic heterocycles. The Labute approximate surface area is 131 Å². The van der Waals surface area contributed by atoms with Gasteiger partial charge in [0.1, 0.15) is 0 Å². The van der Waals surface area contributed by atoms with Crippen LogP contribution in [-0.4, -0.2) is 28.5 Å². The summed E-state index contributed by atoms with van der Waals surface area (Å²) in [6.45, 7) is 8.58. The SMILES string of the molecule is CCC(CCO)NC(=O)Nc1ccc(SC(C)(C)C)cc1. The quantitative estimate of drug-likeness (QED) is 0.699. The highest BCUT2D eigenvalue weighted by Crippen LogP contribution is 2.32. The van der Waals surface area contributed by atoms with Crippen LogP contribution in [0.15, 0.2) is 29.2 Å². The van der Waals surface area contributed by atoms with Gasteiger partial charge >= 0.3 is 6.03 Å². The summed E-state index contributed by atoms with van der Waals surface area (Å²) < 4.78 is 0.172. The molecule has 0 aliphatic rings. The Hall–Kier alpha value is -1.20. The van der Waals surface area contributed by atoms with E-state index in [9.17, 15) is 4.79 Å². The lowest BCUT2D eigenvalue weighted by molar-refractivity contribution is 0.237. The van der Waals surface area contributed by atoms with E-state index in [0.717, 1.165) is 12.1 Å². The van der Waals surface area contributed by atoms with Gasteiger partial charge in [0.05, 0.1) is 0 Å². The number of thioether (sulfide) groups is 1. The zero-order chi connectivity index (χ0) is 15.9. The predicted octanol–water partition coefficient (Wildman–Crippen LogP) is 3.86. The first-order valence-electron chi connectivity index (χ1n) is 7.31. The largest absolute Gasteiger partial charge is 0.396 e. The van der Waals surface area contributed by atoms with Crippen LogP contribution in [0.1, 0.15) is 40.5 Å². The molecule has 3 N–H and O–H groups in total. The smallest absolute Gasteiger partial charge is 0.319 e. The number of aliphatic hydroxyl groups is 1. The van der Waals surface area contributed by atoms with Gasteiger partial charge in [-0.15, -0.1) is 11.8 Å². The molecule has 1 atom stereocenters. The van der Waals surface area contributed by atoms with Crippen LogP contribution in [0.5, 0.6) is 0 Å². The molecule has 0 spiro atoms. The fourth-order valence-corrected chi connectivity index (χ4v) is 2.83. The Morgan fingerprint density at radius 1 is 1.29 bits per heavy atom. The molecular formula is C16H26N2O2S. The number of benzene rings is 1. The van der Waals surface area contributed by atoms with Gasteiger partial charge in [-0.2, -0.15) is 0 Å². The number of hydrogen-bond donors (Lipinski definition) is 3. The van der Waals surface area contributed by atoms with Gasteiger partial charge in [0.15, 0.2) is 0 Å². The summed E-state index contributed by atoms with van der Waals surface area (Å²) in [6, 6.07) is 7.60. The summed E-state index contributed by atoms with van der Waals surface area (Å²) in [5.41, 5.74) is 0.768. The van der Waals surface area contributed by atoms with Gasteiger partial charge in [-0.25, -0.2) is 4.79 Å². The molecule has 0 fully saturated rings. The summed E-state index contributed by atoms with van der Waals surface area (Å²) in [7, 11) is 0. The Kier molecular flexibility index (Phi) is 7.05. The predicted molar refractivity (Wildman–Crippen MR) is 90.0 cm³/mol. The number of amides is 2. The molecule has 118 valence electrons. The molecule has 4 nitrogen and oxygen atoms in total. The van der Waals surface area contributed by atoms with Crippen LogP contribution in [0.3, 0.4) is 0 Å². The van der Waals surface area contributed by atoms with Crippen molar-refractivity contribution in [3.05, 3.63) is 24.3 Å². The summed E-state index contributed by atoms with van der Waals surface area (Å²) >= 11 is 1.79. The van der Waals surface area contributed by atoms with Crippen LogP contribution in [0.25, 0.3) is 0 Å². The van der Waals surface area contributed by atoms with Crippen LogP contribution in [0, 0.1) is 0 Å². The maximum absolute atomic E-state index is 11.9. The normalized spacial score (nSPS) is 12.8. The van der Waals surface area contributed by atoms with Gasteiger partial charge in [-0.3, -0.25) is 0 Å². The van der Waals surface area contributed by atoms with Gasteiger partial charge in [-0.1, -0.05) is 27.7 Å². The van der Waals surface area contributed by atoms with Crippen LogP contribution in [0.2, 0.25) is 0 Å². The standard InChI is InChI=1S/C16H26N2O2S/c1-5-12(10-11-19)17-15(20)18-13-6-8-14(9-7-13)21-16(2,3)4/h6-9,12,19H,5,10-11H2,1-4H3,(H2,17,18,20). The van der Waals surface area contributed by atoms with Crippen LogP contribution < -0.4 is 10.6 Å². The maximum atomic E-state index is 11.9. The van der Waals surface area contributed by atoms with Crippen molar-refractivity contribution >= 4 is 23.5 Å². The van der Waals surface area contributed by atoms with Crippen molar-refractivity contribution in [1.29, 1.82) is 0 Å². The Morgan fingerprint density at radius 2 is 1.90 bits per heavy atom. The van der Waals surface area contributed by atoms with Crippen molar-refractivity contribution < 1.29 is 9.90 Å². The fraction of sp³-hybridized carbons (Fsp3) is 0.562. The minimum absolute atomic E-state index is 0.00530. The summed E-state index contributed by atoms with van der Waals surface area (Å²) in [5.74, 6) is 0. The molecule has 1 rings (SSSR count). The van der Waals surface area contributed by atoms with Crippen LogP contribution in [0.4, 0.5) is 10.5 Å². The third kappa shape index (κ3) is 7.39. The van der Waals surface area contributed by atoms with E-state index in [0.29, 0.717) is 6.42 Å². The van der Waals surface area contributed by atoms with Crippen molar-refractivity contribution in [3.8, 4) is 0 Å². The van der Waals surface area contributed by atoms with Crippen molar-refractivity contribution in [2.75, 3.05) is 11.9 Å². The minimum Gasteiger partial charge on any atom is -0.396 e. The van der Waals surface area contributed by atoms with Gasteiger partial charge in [0.25, 0.3) is 0 Å². The molecule has 2 amide bonds. The number of urea groups is 1. The lowest BCUT2D eigenvalue weighted by atomic mass is 10.2. The van der Waals surface area contributed by atoms with Gasteiger partial charge in [0, 0.05) is 28.0 Å². The second-order valence-corrected chi connectivity index (χ2v) is 7.86. The molecule has 1 unspecified atom stereocenters. The highest BCUT2D eigenvalue weighted by atomic mass is 32.2. The fourth-order valence-electron chi connectivity index (χ4n) is 1.85. The molecule has 1 aromatic rings. The third-order valence-electron chi connectivity index (χ3n) is 2.84. The molecule has 0 aromatic heterocycles.